The topological polar surface area (TPSA) is 75.5 Å². The van der Waals surface area contributed by atoms with Crippen molar-refractivity contribution in [3.63, 3.8) is 0 Å². The Morgan fingerprint density at radius 1 is 1.19 bits per heavy atom. The van der Waals surface area contributed by atoms with Crippen LogP contribution in [0.25, 0.3) is 0 Å². The number of anilines is 1. The Morgan fingerprint density at radius 2 is 1.89 bits per heavy atom. The summed E-state index contributed by atoms with van der Waals surface area (Å²) in [7, 11) is 0. The van der Waals surface area contributed by atoms with Crippen LogP contribution in [0, 0.1) is 21.7 Å². The number of non-ortho nitro benzene ring substituents is 1. The summed E-state index contributed by atoms with van der Waals surface area (Å²) in [5, 5.41) is 13.8. The summed E-state index contributed by atoms with van der Waals surface area (Å²) < 4.78 is 27.0. The molecular weight excluding hydrogens is 356 g/mol. The van der Waals surface area contributed by atoms with Crippen LogP contribution in [-0.2, 0) is 0 Å². The van der Waals surface area contributed by atoms with Crippen LogP contribution in [0.2, 0.25) is 0 Å². The molecule has 1 amide bonds. The third-order valence-electron chi connectivity index (χ3n) is 4.66. The van der Waals surface area contributed by atoms with Gasteiger partial charge < -0.3 is 10.2 Å². The molecular formula is C19H19F2N3O3. The molecule has 8 heteroatoms. The van der Waals surface area contributed by atoms with E-state index >= 15 is 0 Å². The molecule has 0 radical (unpaired) electrons. The van der Waals surface area contributed by atoms with E-state index in [0.29, 0.717) is 5.69 Å². The van der Waals surface area contributed by atoms with Crippen molar-refractivity contribution < 1.29 is 18.5 Å². The van der Waals surface area contributed by atoms with Crippen LogP contribution in [-0.4, -0.2) is 23.9 Å². The predicted octanol–water partition coefficient (Wildman–Crippen LogP) is 3.96. The molecule has 0 aromatic heterocycles. The quantitative estimate of drug-likeness (QED) is 0.634. The van der Waals surface area contributed by atoms with Gasteiger partial charge in [-0.25, -0.2) is 8.78 Å². The lowest BCUT2D eigenvalue weighted by molar-refractivity contribution is -0.384. The Bertz CT molecular complexity index is 882. The van der Waals surface area contributed by atoms with Crippen LogP contribution in [0.15, 0.2) is 36.4 Å². The van der Waals surface area contributed by atoms with E-state index in [1.165, 1.54) is 18.2 Å². The van der Waals surface area contributed by atoms with E-state index in [9.17, 15) is 23.7 Å². The van der Waals surface area contributed by atoms with Crippen LogP contribution in [0.5, 0.6) is 0 Å². The van der Waals surface area contributed by atoms with Crippen molar-refractivity contribution in [2.75, 3.05) is 18.0 Å². The summed E-state index contributed by atoms with van der Waals surface area (Å²) in [6.07, 6.45) is 1.96. The van der Waals surface area contributed by atoms with Gasteiger partial charge in [0, 0.05) is 36.9 Å². The highest BCUT2D eigenvalue weighted by Crippen LogP contribution is 2.29. The highest BCUT2D eigenvalue weighted by atomic mass is 19.1. The first-order valence-corrected chi connectivity index (χ1v) is 8.66. The van der Waals surface area contributed by atoms with Gasteiger partial charge in [-0.3, -0.25) is 14.9 Å². The zero-order valence-electron chi connectivity index (χ0n) is 14.7. The predicted molar refractivity (Wildman–Crippen MR) is 96.8 cm³/mol. The molecule has 0 bridgehead atoms. The smallest absolute Gasteiger partial charge is 0.270 e. The number of rotatable bonds is 5. The van der Waals surface area contributed by atoms with Crippen LogP contribution in [0.3, 0.4) is 0 Å². The zero-order chi connectivity index (χ0) is 19.6. The lowest BCUT2D eigenvalue weighted by Gasteiger charge is -2.22. The maximum atomic E-state index is 14.0. The molecule has 0 spiro atoms. The number of carbonyl (C=O) groups is 1. The van der Waals surface area contributed by atoms with Gasteiger partial charge in [0.25, 0.3) is 11.6 Å². The van der Waals surface area contributed by atoms with Crippen LogP contribution in [0.1, 0.15) is 41.7 Å². The monoisotopic (exact) mass is 375 g/mol. The second-order valence-electron chi connectivity index (χ2n) is 6.51. The van der Waals surface area contributed by atoms with Gasteiger partial charge in [-0.15, -0.1) is 0 Å². The normalized spacial score (nSPS) is 14.9. The first kappa shape index (κ1) is 18.8. The Labute approximate surface area is 154 Å². The summed E-state index contributed by atoms with van der Waals surface area (Å²) in [4.78, 5) is 25.3. The molecule has 1 aliphatic heterocycles. The number of nitrogens with zero attached hydrogens (tertiary/aromatic N) is 2. The van der Waals surface area contributed by atoms with Crippen LogP contribution < -0.4 is 10.2 Å². The third-order valence-corrected chi connectivity index (χ3v) is 4.66. The van der Waals surface area contributed by atoms with Crippen molar-refractivity contribution in [1.82, 2.24) is 5.32 Å². The lowest BCUT2D eigenvalue weighted by atomic mass is 10.1. The fourth-order valence-corrected chi connectivity index (χ4v) is 3.26. The molecule has 1 N–H and O–H groups in total. The first-order chi connectivity index (χ1) is 12.9. The summed E-state index contributed by atoms with van der Waals surface area (Å²) in [6.45, 7) is 3.10. The average molecular weight is 375 g/mol. The Kier molecular flexibility index (Phi) is 5.34. The Morgan fingerprint density at radius 3 is 2.52 bits per heavy atom. The molecule has 1 unspecified atom stereocenters. The van der Waals surface area contributed by atoms with Crippen molar-refractivity contribution in [2.24, 2.45) is 0 Å². The molecule has 2 aromatic rings. The molecule has 1 heterocycles. The zero-order valence-corrected chi connectivity index (χ0v) is 14.7. The minimum absolute atomic E-state index is 0.137. The minimum atomic E-state index is -0.762. The fourth-order valence-electron chi connectivity index (χ4n) is 3.26. The molecule has 1 aliphatic rings. The maximum Gasteiger partial charge on any atom is 0.270 e. The first-order valence-electron chi connectivity index (χ1n) is 8.66. The van der Waals surface area contributed by atoms with Gasteiger partial charge in [0.15, 0.2) is 0 Å². The molecule has 1 saturated heterocycles. The number of amides is 1. The second-order valence-corrected chi connectivity index (χ2v) is 6.51. The van der Waals surface area contributed by atoms with Gasteiger partial charge in [0.05, 0.1) is 22.2 Å². The summed E-state index contributed by atoms with van der Waals surface area (Å²) in [5.74, 6) is -2.01. The number of carbonyl (C=O) groups excluding carboxylic acids is 1. The number of halogens is 2. The summed E-state index contributed by atoms with van der Waals surface area (Å²) in [5.41, 5.74) is 0.726. The van der Waals surface area contributed by atoms with Gasteiger partial charge in [-0.05, 0) is 31.9 Å². The highest BCUT2D eigenvalue weighted by molar-refractivity contribution is 6.00. The molecule has 0 saturated carbocycles. The molecule has 27 heavy (non-hydrogen) atoms. The highest BCUT2D eigenvalue weighted by Gasteiger charge is 2.24. The Hall–Kier alpha value is -3.03. The van der Waals surface area contributed by atoms with E-state index < -0.39 is 28.5 Å². The van der Waals surface area contributed by atoms with Crippen molar-refractivity contribution in [3.8, 4) is 0 Å². The molecule has 0 aliphatic carbocycles. The summed E-state index contributed by atoms with van der Waals surface area (Å²) >= 11 is 0. The van der Waals surface area contributed by atoms with Crippen LogP contribution in [0.4, 0.5) is 20.2 Å². The van der Waals surface area contributed by atoms with E-state index in [0.717, 1.165) is 38.1 Å². The number of benzene rings is 2. The molecule has 3 rings (SSSR count). The van der Waals surface area contributed by atoms with E-state index in [1.54, 1.807) is 13.0 Å². The fraction of sp³-hybridized carbons (Fsp3) is 0.316. The number of hydrogen-bond acceptors (Lipinski definition) is 4. The number of nitro groups is 1. The van der Waals surface area contributed by atoms with Crippen molar-refractivity contribution in [2.45, 2.75) is 25.8 Å². The van der Waals surface area contributed by atoms with E-state index in [4.69, 9.17) is 0 Å². The second kappa shape index (κ2) is 7.69. The lowest BCUT2D eigenvalue weighted by Crippen LogP contribution is -2.30. The van der Waals surface area contributed by atoms with E-state index in [2.05, 4.69) is 5.32 Å². The summed E-state index contributed by atoms with van der Waals surface area (Å²) in [6, 6.07) is 6.57. The van der Waals surface area contributed by atoms with Gasteiger partial charge >= 0.3 is 0 Å². The van der Waals surface area contributed by atoms with Gasteiger partial charge in [-0.2, -0.15) is 0 Å². The molecule has 6 nitrogen and oxygen atoms in total. The Balaban J connectivity index is 1.90. The van der Waals surface area contributed by atoms with Gasteiger partial charge in [-0.1, -0.05) is 6.07 Å². The molecule has 1 atom stereocenters. The van der Waals surface area contributed by atoms with Crippen molar-refractivity contribution in [1.29, 1.82) is 0 Å². The largest absolute Gasteiger partial charge is 0.371 e. The number of nitro benzene ring substituents is 1. The molecule has 142 valence electrons. The molecule has 2 aromatic carbocycles. The van der Waals surface area contributed by atoms with Gasteiger partial charge in [0.2, 0.25) is 0 Å². The van der Waals surface area contributed by atoms with E-state index in [-0.39, 0.29) is 16.8 Å². The average Bonchev–Trinajstić information content (AvgIpc) is 3.15. The van der Waals surface area contributed by atoms with Crippen molar-refractivity contribution in [3.05, 3.63) is 69.3 Å². The third kappa shape index (κ3) is 4.05. The van der Waals surface area contributed by atoms with Crippen LogP contribution >= 0.6 is 0 Å². The minimum Gasteiger partial charge on any atom is -0.371 e. The maximum absolute atomic E-state index is 14.0. The van der Waals surface area contributed by atoms with E-state index in [1.807, 2.05) is 4.90 Å². The SMILES string of the molecule is CC(NC(=O)c1cc([N+](=O)[O-])ccc1N1CCCC1)c1ccc(F)cc1F. The number of nitrogens with one attached hydrogen (secondary N) is 1. The van der Waals surface area contributed by atoms with Crippen molar-refractivity contribution >= 4 is 17.3 Å². The molecule has 1 fully saturated rings. The number of hydrogen-bond donors (Lipinski definition) is 1. The standard InChI is InChI=1S/C19H19F2N3O3/c1-12(15-6-4-13(20)10-17(15)21)22-19(25)16-11-14(24(26)27)5-7-18(16)23-8-2-3-9-23/h4-7,10-12H,2-3,8-9H2,1H3,(H,22,25). The van der Waals surface area contributed by atoms with Gasteiger partial charge in [0.1, 0.15) is 11.6 Å².